The molecule has 1 aromatic carbocycles. The van der Waals surface area contributed by atoms with Crippen LogP contribution in [-0.2, 0) is 0 Å². The molecule has 1 rings (SSSR count). The van der Waals surface area contributed by atoms with E-state index in [9.17, 15) is 4.79 Å². The minimum atomic E-state index is -0.470. The van der Waals surface area contributed by atoms with Crippen molar-refractivity contribution in [2.24, 2.45) is 5.73 Å². The van der Waals surface area contributed by atoms with E-state index in [1.807, 2.05) is 0 Å². The summed E-state index contributed by atoms with van der Waals surface area (Å²) < 4.78 is 0. The molecule has 0 saturated heterocycles. The van der Waals surface area contributed by atoms with Gasteiger partial charge in [-0.15, -0.1) is 0 Å². The van der Waals surface area contributed by atoms with Gasteiger partial charge >= 0.3 is 0 Å². The molecule has 0 radical (unpaired) electrons. The van der Waals surface area contributed by atoms with Crippen LogP contribution >= 0.6 is 0 Å². The van der Waals surface area contributed by atoms with Crippen molar-refractivity contribution in [3.05, 3.63) is 23.8 Å². The summed E-state index contributed by atoms with van der Waals surface area (Å²) in [5, 5.41) is 3.21. The molecule has 1 amide bonds. The van der Waals surface area contributed by atoms with Crippen molar-refractivity contribution in [2.45, 2.75) is 19.9 Å². The fourth-order valence-electron chi connectivity index (χ4n) is 1.54. The molecule has 0 unspecified atom stereocenters. The lowest BCUT2D eigenvalue weighted by atomic mass is 10.1. The van der Waals surface area contributed by atoms with Crippen LogP contribution in [-0.4, -0.2) is 37.0 Å². The van der Waals surface area contributed by atoms with Gasteiger partial charge in [0, 0.05) is 30.5 Å². The van der Waals surface area contributed by atoms with Crippen molar-refractivity contribution >= 4 is 17.3 Å². The Labute approximate surface area is 108 Å². The Kier molecular flexibility index (Phi) is 4.97. The Morgan fingerprint density at radius 2 is 2.11 bits per heavy atom. The van der Waals surface area contributed by atoms with Gasteiger partial charge in [0.25, 0.3) is 5.91 Å². The first-order chi connectivity index (χ1) is 8.41. The summed E-state index contributed by atoms with van der Waals surface area (Å²) in [6.45, 7) is 5.91. The summed E-state index contributed by atoms with van der Waals surface area (Å²) in [5.74, 6) is -0.470. The second-order valence-electron chi connectivity index (χ2n) is 4.67. The van der Waals surface area contributed by atoms with Crippen molar-refractivity contribution in [3.8, 4) is 0 Å². The zero-order valence-electron chi connectivity index (χ0n) is 11.2. The molecule has 0 aromatic heterocycles. The van der Waals surface area contributed by atoms with Crippen LogP contribution in [0.15, 0.2) is 18.2 Å². The van der Waals surface area contributed by atoms with E-state index in [1.165, 1.54) is 0 Å². The summed E-state index contributed by atoms with van der Waals surface area (Å²) in [5.41, 5.74) is 12.7. The molecule has 0 aliphatic carbocycles. The van der Waals surface area contributed by atoms with Crippen molar-refractivity contribution in [1.82, 2.24) is 4.90 Å². The highest BCUT2D eigenvalue weighted by Crippen LogP contribution is 2.18. The van der Waals surface area contributed by atoms with Gasteiger partial charge in [-0.1, -0.05) is 0 Å². The topological polar surface area (TPSA) is 84.4 Å². The van der Waals surface area contributed by atoms with Gasteiger partial charge in [0.15, 0.2) is 0 Å². The highest BCUT2D eigenvalue weighted by Gasteiger charge is 2.09. The Hall–Kier alpha value is -1.75. The van der Waals surface area contributed by atoms with E-state index in [0.717, 1.165) is 18.8 Å². The van der Waals surface area contributed by atoms with Gasteiger partial charge in [-0.3, -0.25) is 4.79 Å². The number of nitrogens with two attached hydrogens (primary N) is 2. The predicted octanol–water partition coefficient (Wildman–Crippen LogP) is 1.12. The first-order valence-electron chi connectivity index (χ1n) is 6.05. The second kappa shape index (κ2) is 6.26. The van der Waals surface area contributed by atoms with Crippen LogP contribution in [0.25, 0.3) is 0 Å². The third-order valence-electron chi connectivity index (χ3n) is 2.97. The molecule has 0 fully saturated rings. The van der Waals surface area contributed by atoms with E-state index < -0.39 is 5.91 Å². The summed E-state index contributed by atoms with van der Waals surface area (Å²) >= 11 is 0. The number of benzene rings is 1. The van der Waals surface area contributed by atoms with E-state index in [2.05, 4.69) is 31.1 Å². The molecule has 0 heterocycles. The van der Waals surface area contributed by atoms with Crippen LogP contribution in [0.2, 0.25) is 0 Å². The van der Waals surface area contributed by atoms with Crippen molar-refractivity contribution in [1.29, 1.82) is 0 Å². The van der Waals surface area contributed by atoms with E-state index in [4.69, 9.17) is 11.5 Å². The first-order valence-corrected chi connectivity index (χ1v) is 6.05. The maximum atomic E-state index is 11.3. The molecule has 100 valence electrons. The molecule has 0 bridgehead atoms. The minimum absolute atomic E-state index is 0.433. The number of hydrogen-bond donors (Lipinski definition) is 3. The number of primary amides is 1. The average Bonchev–Trinajstić information content (AvgIpc) is 2.30. The van der Waals surface area contributed by atoms with Gasteiger partial charge in [0.2, 0.25) is 0 Å². The van der Waals surface area contributed by atoms with E-state index in [-0.39, 0.29) is 0 Å². The van der Waals surface area contributed by atoms with Gasteiger partial charge in [0.05, 0.1) is 5.56 Å². The van der Waals surface area contributed by atoms with E-state index in [1.54, 1.807) is 18.2 Å². The summed E-state index contributed by atoms with van der Waals surface area (Å²) in [6.07, 6.45) is 0. The number of hydrogen-bond acceptors (Lipinski definition) is 4. The lowest BCUT2D eigenvalue weighted by molar-refractivity contribution is 0.100. The van der Waals surface area contributed by atoms with Gasteiger partial charge in [-0.05, 0) is 39.1 Å². The molecule has 0 aliphatic rings. The number of likely N-dealkylation sites (N-methyl/N-ethyl adjacent to an activating group) is 1. The molecule has 5 N–H and O–H groups in total. The van der Waals surface area contributed by atoms with Gasteiger partial charge < -0.3 is 21.7 Å². The summed E-state index contributed by atoms with van der Waals surface area (Å²) in [6, 6.07) is 5.62. The summed E-state index contributed by atoms with van der Waals surface area (Å²) in [7, 11) is 2.06. The number of nitrogens with one attached hydrogen (secondary N) is 1. The highest BCUT2D eigenvalue weighted by atomic mass is 16.1. The van der Waals surface area contributed by atoms with Crippen molar-refractivity contribution in [3.63, 3.8) is 0 Å². The molecular weight excluding hydrogens is 228 g/mol. The monoisotopic (exact) mass is 250 g/mol. The van der Waals surface area contributed by atoms with Crippen molar-refractivity contribution in [2.75, 3.05) is 31.2 Å². The van der Waals surface area contributed by atoms with Crippen LogP contribution in [0.4, 0.5) is 11.4 Å². The fourth-order valence-corrected chi connectivity index (χ4v) is 1.54. The number of anilines is 2. The van der Waals surface area contributed by atoms with Gasteiger partial charge in [-0.2, -0.15) is 0 Å². The second-order valence-corrected chi connectivity index (χ2v) is 4.67. The fraction of sp³-hybridized carbons (Fsp3) is 0.462. The SMILES string of the molecule is CC(C)N(C)CCNc1ccc(N)cc1C(N)=O. The molecule has 0 atom stereocenters. The standard InChI is InChI=1S/C13H22N4O/c1-9(2)17(3)7-6-16-12-5-4-10(14)8-11(12)13(15)18/h4-5,8-9,16H,6-7,14H2,1-3H3,(H2,15,18). The van der Waals surface area contributed by atoms with Crippen LogP contribution in [0.3, 0.4) is 0 Å². The number of carbonyl (C=O) groups is 1. The van der Waals surface area contributed by atoms with Gasteiger partial charge in [0.1, 0.15) is 0 Å². The largest absolute Gasteiger partial charge is 0.399 e. The highest BCUT2D eigenvalue weighted by molar-refractivity contribution is 5.99. The number of carbonyl (C=O) groups excluding carboxylic acids is 1. The molecule has 0 spiro atoms. The molecule has 1 aromatic rings. The maximum Gasteiger partial charge on any atom is 0.250 e. The van der Waals surface area contributed by atoms with Crippen LogP contribution in [0, 0.1) is 0 Å². The van der Waals surface area contributed by atoms with Crippen molar-refractivity contribution < 1.29 is 4.79 Å². The molecule has 0 saturated carbocycles. The smallest absolute Gasteiger partial charge is 0.250 e. The third kappa shape index (κ3) is 3.92. The Morgan fingerprint density at radius 1 is 1.44 bits per heavy atom. The van der Waals surface area contributed by atoms with Crippen LogP contribution in [0.5, 0.6) is 0 Å². The molecule has 0 aliphatic heterocycles. The maximum absolute atomic E-state index is 11.3. The predicted molar refractivity (Wildman–Crippen MR) is 75.6 cm³/mol. The number of amides is 1. The lowest BCUT2D eigenvalue weighted by Crippen LogP contribution is -2.31. The normalized spacial score (nSPS) is 10.9. The Balaban J connectivity index is 2.65. The van der Waals surface area contributed by atoms with E-state index in [0.29, 0.717) is 17.3 Å². The average molecular weight is 250 g/mol. The summed E-state index contributed by atoms with van der Waals surface area (Å²) in [4.78, 5) is 13.5. The molecule has 18 heavy (non-hydrogen) atoms. The Bertz CT molecular complexity index is 417. The first kappa shape index (κ1) is 14.3. The number of nitrogens with zero attached hydrogens (tertiary/aromatic N) is 1. The van der Waals surface area contributed by atoms with Gasteiger partial charge in [-0.25, -0.2) is 0 Å². The Morgan fingerprint density at radius 3 is 2.67 bits per heavy atom. The molecule has 5 nitrogen and oxygen atoms in total. The zero-order chi connectivity index (χ0) is 13.7. The van der Waals surface area contributed by atoms with E-state index >= 15 is 0 Å². The molecular formula is C13H22N4O. The lowest BCUT2D eigenvalue weighted by Gasteiger charge is -2.21. The van der Waals surface area contributed by atoms with Crippen LogP contribution < -0.4 is 16.8 Å². The number of rotatable bonds is 6. The number of nitrogen functional groups attached to an aromatic ring is 1. The zero-order valence-corrected chi connectivity index (χ0v) is 11.2. The van der Waals surface area contributed by atoms with Crippen LogP contribution in [0.1, 0.15) is 24.2 Å². The minimum Gasteiger partial charge on any atom is -0.399 e. The third-order valence-corrected chi connectivity index (χ3v) is 2.97. The quantitative estimate of drug-likeness (QED) is 0.661. The molecule has 5 heteroatoms.